The molecule has 0 aliphatic heterocycles. The van der Waals surface area contributed by atoms with Crippen molar-refractivity contribution in [2.75, 3.05) is 6.54 Å². The van der Waals surface area contributed by atoms with Gasteiger partial charge in [0.1, 0.15) is 5.52 Å². The van der Waals surface area contributed by atoms with Gasteiger partial charge in [-0.3, -0.25) is 9.59 Å². The first-order chi connectivity index (χ1) is 13.6. The Morgan fingerprint density at radius 3 is 2.79 bits per heavy atom. The van der Waals surface area contributed by atoms with Crippen molar-refractivity contribution in [2.24, 2.45) is 0 Å². The molecule has 4 rings (SSSR count). The molecule has 2 heterocycles. The monoisotopic (exact) mass is 395 g/mol. The van der Waals surface area contributed by atoms with E-state index < -0.39 is 0 Å². The van der Waals surface area contributed by atoms with Gasteiger partial charge in [0.2, 0.25) is 5.91 Å². The molecule has 0 unspecified atom stereocenters. The molecule has 0 atom stereocenters. The number of fused-ring (bicyclic) bond motifs is 2. The van der Waals surface area contributed by atoms with Crippen LogP contribution in [0.3, 0.4) is 0 Å². The summed E-state index contributed by atoms with van der Waals surface area (Å²) in [7, 11) is 0. The zero-order valence-corrected chi connectivity index (χ0v) is 15.8. The summed E-state index contributed by atoms with van der Waals surface area (Å²) in [5.74, 6) is -0.142. The van der Waals surface area contributed by atoms with Crippen LogP contribution in [0.25, 0.3) is 21.8 Å². The van der Waals surface area contributed by atoms with Crippen LogP contribution in [-0.2, 0) is 17.9 Å². The third kappa shape index (κ3) is 3.61. The second-order valence-electron chi connectivity index (χ2n) is 6.42. The maximum absolute atomic E-state index is 12.4. The average molecular weight is 396 g/mol. The van der Waals surface area contributed by atoms with E-state index in [1.165, 1.54) is 4.68 Å². The zero-order chi connectivity index (χ0) is 19.5. The van der Waals surface area contributed by atoms with Gasteiger partial charge in [0.15, 0.2) is 0 Å². The summed E-state index contributed by atoms with van der Waals surface area (Å²) in [5.41, 5.74) is 1.33. The van der Waals surface area contributed by atoms with Gasteiger partial charge in [0.05, 0.1) is 11.9 Å². The van der Waals surface area contributed by atoms with E-state index in [4.69, 9.17) is 11.6 Å². The zero-order valence-electron chi connectivity index (χ0n) is 15.0. The third-order valence-corrected chi connectivity index (χ3v) is 4.94. The molecule has 0 saturated carbocycles. The van der Waals surface area contributed by atoms with Crippen LogP contribution in [0, 0.1) is 0 Å². The molecule has 0 fully saturated rings. The Morgan fingerprint density at radius 1 is 1.04 bits per heavy atom. The molecule has 0 bridgehead atoms. The van der Waals surface area contributed by atoms with Crippen molar-refractivity contribution in [3.05, 3.63) is 70.1 Å². The molecule has 2 aromatic heterocycles. The van der Waals surface area contributed by atoms with Gasteiger partial charge in [-0.2, -0.15) is 0 Å². The van der Waals surface area contributed by atoms with Crippen molar-refractivity contribution in [3.63, 3.8) is 0 Å². The lowest BCUT2D eigenvalue weighted by Gasteiger charge is -2.08. The van der Waals surface area contributed by atoms with Crippen molar-refractivity contribution in [2.45, 2.75) is 19.5 Å². The number of carbonyl (C=O) groups excluding carboxylic acids is 1. The number of aromatic nitrogens is 4. The molecule has 0 spiro atoms. The van der Waals surface area contributed by atoms with Crippen LogP contribution in [0.5, 0.6) is 0 Å². The van der Waals surface area contributed by atoms with Crippen LogP contribution < -0.4 is 10.9 Å². The van der Waals surface area contributed by atoms with Gasteiger partial charge in [0, 0.05) is 41.6 Å². The highest BCUT2D eigenvalue weighted by molar-refractivity contribution is 6.35. The summed E-state index contributed by atoms with van der Waals surface area (Å²) in [6.07, 6.45) is 2.11. The summed E-state index contributed by atoms with van der Waals surface area (Å²) in [5, 5.41) is 13.0. The fourth-order valence-corrected chi connectivity index (χ4v) is 3.39. The Bertz CT molecular complexity index is 1210. The number of benzene rings is 2. The van der Waals surface area contributed by atoms with Crippen molar-refractivity contribution >= 4 is 39.3 Å². The van der Waals surface area contributed by atoms with Gasteiger partial charge >= 0.3 is 0 Å². The second kappa shape index (κ2) is 7.82. The van der Waals surface area contributed by atoms with Gasteiger partial charge in [-0.15, -0.1) is 5.10 Å². The molecular formula is C20H18ClN5O2. The van der Waals surface area contributed by atoms with Crippen molar-refractivity contribution in [1.82, 2.24) is 24.9 Å². The van der Waals surface area contributed by atoms with E-state index in [2.05, 4.69) is 15.6 Å². The molecular weight excluding hydrogens is 378 g/mol. The van der Waals surface area contributed by atoms with Crippen molar-refractivity contribution in [1.29, 1.82) is 0 Å². The first-order valence-corrected chi connectivity index (χ1v) is 9.34. The Balaban J connectivity index is 1.33. The lowest BCUT2D eigenvalue weighted by Crippen LogP contribution is -2.31. The summed E-state index contributed by atoms with van der Waals surface area (Å²) in [4.78, 5) is 24.5. The largest absolute Gasteiger partial charge is 0.354 e. The normalized spacial score (nSPS) is 11.2. The number of rotatable bonds is 6. The second-order valence-corrected chi connectivity index (χ2v) is 6.82. The number of halogens is 1. The summed E-state index contributed by atoms with van der Waals surface area (Å²) >= 11 is 6.18. The Labute approximate surface area is 165 Å². The van der Waals surface area contributed by atoms with Crippen LogP contribution >= 0.6 is 11.6 Å². The lowest BCUT2D eigenvalue weighted by molar-refractivity contribution is -0.121. The molecule has 0 aliphatic carbocycles. The van der Waals surface area contributed by atoms with E-state index >= 15 is 0 Å². The molecule has 0 aliphatic rings. The predicted octanol–water partition coefficient (Wildman–Crippen LogP) is 2.61. The van der Waals surface area contributed by atoms with Crippen LogP contribution in [0.2, 0.25) is 5.02 Å². The quantitative estimate of drug-likeness (QED) is 0.544. The molecule has 8 heteroatoms. The van der Waals surface area contributed by atoms with E-state index in [1.807, 2.05) is 35.0 Å². The molecule has 28 heavy (non-hydrogen) atoms. The minimum absolute atomic E-state index is 0.142. The first kappa shape index (κ1) is 18.2. The van der Waals surface area contributed by atoms with E-state index in [1.54, 1.807) is 24.3 Å². The number of amides is 1. The first-order valence-electron chi connectivity index (χ1n) is 8.96. The van der Waals surface area contributed by atoms with E-state index in [0.29, 0.717) is 29.0 Å². The van der Waals surface area contributed by atoms with E-state index in [9.17, 15) is 9.59 Å². The van der Waals surface area contributed by atoms with Gasteiger partial charge in [-0.05, 0) is 30.3 Å². The highest BCUT2D eigenvalue weighted by Crippen LogP contribution is 2.23. The van der Waals surface area contributed by atoms with Gasteiger partial charge in [0.25, 0.3) is 5.56 Å². The van der Waals surface area contributed by atoms with E-state index in [0.717, 1.165) is 10.9 Å². The minimum Gasteiger partial charge on any atom is -0.354 e. The maximum atomic E-state index is 12.4. The number of hydrogen-bond donors (Lipinski definition) is 1. The topological polar surface area (TPSA) is 81.8 Å². The average Bonchev–Trinajstić information content (AvgIpc) is 3.12. The van der Waals surface area contributed by atoms with Crippen LogP contribution in [0.1, 0.15) is 6.42 Å². The summed E-state index contributed by atoms with van der Waals surface area (Å²) < 4.78 is 3.27. The molecule has 1 amide bonds. The molecule has 0 radical (unpaired) electrons. The molecule has 142 valence electrons. The number of carbonyl (C=O) groups is 1. The molecule has 4 aromatic rings. The number of nitrogens with zero attached hydrogens (tertiary/aromatic N) is 4. The number of hydrogen-bond acceptors (Lipinski definition) is 4. The van der Waals surface area contributed by atoms with Crippen molar-refractivity contribution in [3.8, 4) is 0 Å². The van der Waals surface area contributed by atoms with Gasteiger partial charge in [-0.1, -0.05) is 35.0 Å². The third-order valence-electron chi connectivity index (χ3n) is 4.62. The van der Waals surface area contributed by atoms with Crippen molar-refractivity contribution < 1.29 is 4.79 Å². The van der Waals surface area contributed by atoms with Gasteiger partial charge in [-0.25, -0.2) is 4.68 Å². The van der Waals surface area contributed by atoms with Gasteiger partial charge < -0.3 is 9.88 Å². The van der Waals surface area contributed by atoms with E-state index in [-0.39, 0.29) is 24.4 Å². The maximum Gasteiger partial charge on any atom is 0.277 e. The van der Waals surface area contributed by atoms with Crippen LogP contribution in [-0.4, -0.2) is 32.0 Å². The molecule has 2 aromatic carbocycles. The highest BCUT2D eigenvalue weighted by atomic mass is 35.5. The minimum atomic E-state index is -0.242. The van der Waals surface area contributed by atoms with Crippen LogP contribution in [0.4, 0.5) is 0 Å². The number of nitrogens with one attached hydrogen (secondary N) is 1. The lowest BCUT2D eigenvalue weighted by atomic mass is 10.2. The predicted molar refractivity (Wildman–Crippen MR) is 108 cm³/mol. The Hall–Kier alpha value is -3.19. The highest BCUT2D eigenvalue weighted by Gasteiger charge is 2.08. The van der Waals surface area contributed by atoms with Crippen LogP contribution in [0.15, 0.2) is 59.5 Å². The Morgan fingerprint density at radius 2 is 1.89 bits per heavy atom. The summed E-state index contributed by atoms with van der Waals surface area (Å²) in [6, 6.07) is 14.7. The standard InChI is InChI=1S/C20H18ClN5O2/c21-16-5-3-7-18-14(16)8-11-25(18)13-10-22-19(27)9-12-26-20(28)15-4-1-2-6-17(15)23-24-26/h1-8,11H,9-10,12-13H2,(H,22,27). The summed E-state index contributed by atoms with van der Waals surface area (Å²) in [6.45, 7) is 1.29. The molecule has 1 N–H and O–H groups in total. The fraction of sp³-hybridized carbons (Fsp3) is 0.200. The Kier molecular flexibility index (Phi) is 5.08. The number of aryl methyl sites for hydroxylation is 1. The SMILES string of the molecule is O=C(CCn1nnc2ccccc2c1=O)NCCn1ccc2c(Cl)cccc21. The smallest absolute Gasteiger partial charge is 0.277 e. The fourth-order valence-electron chi connectivity index (χ4n) is 3.16. The molecule has 7 nitrogen and oxygen atoms in total. The molecule has 0 saturated heterocycles.